The van der Waals surface area contributed by atoms with E-state index in [4.69, 9.17) is 0 Å². The Bertz CT molecular complexity index is 792. The molecule has 0 radical (unpaired) electrons. The van der Waals surface area contributed by atoms with E-state index in [-0.39, 0.29) is 17.2 Å². The summed E-state index contributed by atoms with van der Waals surface area (Å²) >= 11 is 1.66. The number of hydrogen-bond acceptors (Lipinski definition) is 3. The molecular formula is C16H13NO2S. The Labute approximate surface area is 120 Å². The summed E-state index contributed by atoms with van der Waals surface area (Å²) in [6.07, 6.45) is 0. The zero-order valence-corrected chi connectivity index (χ0v) is 11.7. The lowest BCUT2D eigenvalue weighted by Crippen LogP contribution is -2.12. The van der Waals surface area contributed by atoms with Gasteiger partial charge in [-0.2, -0.15) is 0 Å². The summed E-state index contributed by atoms with van der Waals surface area (Å²) in [5.74, 6) is -0.276. The third-order valence-corrected chi connectivity index (χ3v) is 4.09. The van der Waals surface area contributed by atoms with Crippen molar-refractivity contribution in [3.8, 4) is 5.75 Å². The molecule has 0 unspecified atom stereocenters. The van der Waals surface area contributed by atoms with Gasteiger partial charge in [0.1, 0.15) is 5.75 Å². The van der Waals surface area contributed by atoms with Gasteiger partial charge in [-0.1, -0.05) is 12.1 Å². The third-order valence-electron chi connectivity index (χ3n) is 3.19. The highest BCUT2D eigenvalue weighted by Gasteiger charge is 2.12. The molecule has 0 saturated carbocycles. The smallest absolute Gasteiger partial charge is 0.259 e. The zero-order valence-electron chi connectivity index (χ0n) is 10.9. The van der Waals surface area contributed by atoms with Gasteiger partial charge in [-0.05, 0) is 53.6 Å². The topological polar surface area (TPSA) is 49.3 Å². The molecule has 0 saturated heterocycles. The second kappa shape index (κ2) is 4.98. The molecule has 2 aromatic carbocycles. The van der Waals surface area contributed by atoms with E-state index in [0.717, 1.165) is 11.1 Å². The third kappa shape index (κ3) is 2.26. The minimum Gasteiger partial charge on any atom is -0.507 e. The molecular weight excluding hydrogens is 270 g/mol. The molecule has 1 aromatic heterocycles. The monoisotopic (exact) mass is 283 g/mol. The van der Waals surface area contributed by atoms with Crippen molar-refractivity contribution in [3.63, 3.8) is 0 Å². The van der Waals surface area contributed by atoms with E-state index in [1.165, 1.54) is 4.70 Å². The first-order valence-electron chi connectivity index (χ1n) is 6.22. The molecule has 0 aliphatic rings. The van der Waals surface area contributed by atoms with Gasteiger partial charge in [0.05, 0.1) is 5.56 Å². The van der Waals surface area contributed by atoms with Crippen LogP contribution < -0.4 is 5.32 Å². The summed E-state index contributed by atoms with van der Waals surface area (Å²) in [4.78, 5) is 12.2. The highest BCUT2D eigenvalue weighted by atomic mass is 32.1. The van der Waals surface area contributed by atoms with Crippen LogP contribution in [-0.2, 0) is 0 Å². The lowest BCUT2D eigenvalue weighted by molar-refractivity contribution is 0.102. The van der Waals surface area contributed by atoms with Gasteiger partial charge in [-0.25, -0.2) is 0 Å². The van der Waals surface area contributed by atoms with Crippen LogP contribution in [0.15, 0.2) is 47.8 Å². The molecule has 20 heavy (non-hydrogen) atoms. The van der Waals surface area contributed by atoms with E-state index in [9.17, 15) is 9.90 Å². The summed E-state index contributed by atoms with van der Waals surface area (Å²) in [5, 5.41) is 15.9. The summed E-state index contributed by atoms with van der Waals surface area (Å²) in [7, 11) is 0. The Balaban J connectivity index is 1.90. The van der Waals surface area contributed by atoms with Crippen molar-refractivity contribution in [2.75, 3.05) is 5.32 Å². The van der Waals surface area contributed by atoms with Crippen molar-refractivity contribution in [2.45, 2.75) is 6.92 Å². The summed E-state index contributed by atoms with van der Waals surface area (Å²) in [6.45, 7) is 1.77. The number of nitrogens with one attached hydrogen (secondary N) is 1. The first kappa shape index (κ1) is 12.7. The zero-order chi connectivity index (χ0) is 14.1. The van der Waals surface area contributed by atoms with E-state index in [1.54, 1.807) is 36.5 Å². The number of carbonyl (C=O) groups excluding carboxylic acids is 1. The number of phenolic OH excluding ortho intramolecular Hbond substituents is 1. The number of amides is 1. The fourth-order valence-electron chi connectivity index (χ4n) is 2.09. The normalized spacial score (nSPS) is 10.7. The van der Waals surface area contributed by atoms with Crippen LogP contribution in [0.5, 0.6) is 5.75 Å². The van der Waals surface area contributed by atoms with Crippen LogP contribution in [0.4, 0.5) is 5.69 Å². The summed E-state index contributed by atoms with van der Waals surface area (Å²) < 4.78 is 1.18. The van der Waals surface area contributed by atoms with E-state index >= 15 is 0 Å². The molecule has 3 rings (SSSR count). The Hall–Kier alpha value is -2.33. The van der Waals surface area contributed by atoms with E-state index in [1.807, 2.05) is 29.6 Å². The van der Waals surface area contributed by atoms with Gasteiger partial charge in [0, 0.05) is 10.4 Å². The molecule has 0 aliphatic carbocycles. The molecule has 3 nitrogen and oxygen atoms in total. The van der Waals surface area contributed by atoms with Crippen molar-refractivity contribution in [1.29, 1.82) is 0 Å². The van der Waals surface area contributed by atoms with Gasteiger partial charge in [-0.15, -0.1) is 11.3 Å². The number of para-hydroxylation sites is 1. The fourth-order valence-corrected chi connectivity index (χ4v) is 2.86. The summed E-state index contributed by atoms with van der Waals surface area (Å²) in [5.41, 5.74) is 1.70. The van der Waals surface area contributed by atoms with E-state index in [0.29, 0.717) is 5.56 Å². The SMILES string of the molecule is Cc1cccc(C(=O)Nc2ccc3sccc3c2)c1O. The van der Waals surface area contributed by atoms with Gasteiger partial charge in [0.2, 0.25) is 0 Å². The Morgan fingerprint density at radius 2 is 2.05 bits per heavy atom. The van der Waals surface area contributed by atoms with Crippen molar-refractivity contribution < 1.29 is 9.90 Å². The largest absolute Gasteiger partial charge is 0.507 e. The lowest BCUT2D eigenvalue weighted by Gasteiger charge is -2.08. The molecule has 3 aromatic rings. The predicted octanol–water partition coefficient (Wildman–Crippen LogP) is 4.17. The first-order chi connectivity index (χ1) is 9.65. The molecule has 1 amide bonds. The van der Waals surface area contributed by atoms with Crippen LogP contribution in [0.1, 0.15) is 15.9 Å². The Morgan fingerprint density at radius 1 is 1.20 bits per heavy atom. The molecule has 0 fully saturated rings. The highest BCUT2D eigenvalue weighted by Crippen LogP contribution is 2.26. The Kier molecular flexibility index (Phi) is 3.16. The maximum Gasteiger partial charge on any atom is 0.259 e. The van der Waals surface area contributed by atoms with Gasteiger partial charge < -0.3 is 10.4 Å². The number of anilines is 1. The second-order valence-corrected chi connectivity index (χ2v) is 5.55. The molecule has 0 spiro atoms. The van der Waals surface area contributed by atoms with Gasteiger partial charge in [-0.3, -0.25) is 4.79 Å². The van der Waals surface area contributed by atoms with Crippen LogP contribution >= 0.6 is 11.3 Å². The van der Waals surface area contributed by atoms with Crippen molar-refractivity contribution in [2.24, 2.45) is 0 Å². The van der Waals surface area contributed by atoms with E-state index in [2.05, 4.69) is 5.32 Å². The maximum atomic E-state index is 12.2. The number of hydrogen-bond donors (Lipinski definition) is 2. The number of aryl methyl sites for hydroxylation is 1. The number of fused-ring (bicyclic) bond motifs is 1. The molecule has 0 aliphatic heterocycles. The number of thiophene rings is 1. The number of benzene rings is 2. The van der Waals surface area contributed by atoms with Crippen LogP contribution in [-0.4, -0.2) is 11.0 Å². The molecule has 1 heterocycles. The van der Waals surface area contributed by atoms with Crippen LogP contribution in [0.25, 0.3) is 10.1 Å². The van der Waals surface area contributed by atoms with Crippen LogP contribution in [0.3, 0.4) is 0 Å². The second-order valence-electron chi connectivity index (χ2n) is 4.60. The number of phenols is 1. The minimum absolute atomic E-state index is 0.0293. The minimum atomic E-state index is -0.305. The summed E-state index contributed by atoms with van der Waals surface area (Å²) in [6, 6.07) is 12.9. The highest BCUT2D eigenvalue weighted by molar-refractivity contribution is 7.17. The molecule has 0 atom stereocenters. The number of rotatable bonds is 2. The van der Waals surface area contributed by atoms with Crippen molar-refractivity contribution >= 4 is 33.0 Å². The number of aromatic hydroxyl groups is 1. The van der Waals surface area contributed by atoms with Gasteiger partial charge in [0.25, 0.3) is 5.91 Å². The van der Waals surface area contributed by atoms with E-state index < -0.39 is 0 Å². The van der Waals surface area contributed by atoms with Gasteiger partial charge >= 0.3 is 0 Å². The lowest BCUT2D eigenvalue weighted by atomic mass is 10.1. The average molecular weight is 283 g/mol. The van der Waals surface area contributed by atoms with Crippen LogP contribution in [0, 0.1) is 6.92 Å². The van der Waals surface area contributed by atoms with Crippen LogP contribution in [0.2, 0.25) is 0 Å². The first-order valence-corrected chi connectivity index (χ1v) is 7.10. The van der Waals surface area contributed by atoms with Crippen molar-refractivity contribution in [1.82, 2.24) is 0 Å². The molecule has 0 bridgehead atoms. The standard InChI is InChI=1S/C16H13NO2S/c1-10-3-2-4-13(15(10)18)16(19)17-12-5-6-14-11(9-12)7-8-20-14/h2-9,18H,1H3,(H,17,19). The number of carbonyl (C=O) groups is 1. The molecule has 100 valence electrons. The molecule has 2 N–H and O–H groups in total. The predicted molar refractivity (Wildman–Crippen MR) is 82.6 cm³/mol. The quantitative estimate of drug-likeness (QED) is 0.741. The molecule has 4 heteroatoms. The van der Waals surface area contributed by atoms with Crippen molar-refractivity contribution in [3.05, 3.63) is 59.0 Å². The Morgan fingerprint density at radius 3 is 2.90 bits per heavy atom. The fraction of sp³-hybridized carbons (Fsp3) is 0.0625. The maximum absolute atomic E-state index is 12.2. The average Bonchev–Trinajstić information content (AvgIpc) is 2.89. The van der Waals surface area contributed by atoms with Gasteiger partial charge in [0.15, 0.2) is 0 Å².